The predicted molar refractivity (Wildman–Crippen MR) is 113 cm³/mol. The maximum atomic E-state index is 10.0. The van der Waals surface area contributed by atoms with Crippen molar-refractivity contribution in [3.8, 4) is 17.4 Å². The number of para-hydroxylation sites is 1. The van der Waals surface area contributed by atoms with Gasteiger partial charge in [0.05, 0.1) is 0 Å². The quantitative estimate of drug-likeness (QED) is 0.344. The van der Waals surface area contributed by atoms with Crippen LogP contribution in [0.3, 0.4) is 0 Å². The molecule has 6 rings (SSSR count). The third-order valence-corrected chi connectivity index (χ3v) is 5.55. The Labute approximate surface area is 193 Å². The summed E-state index contributed by atoms with van der Waals surface area (Å²) in [5.41, 5.74) is 3.80. The van der Waals surface area contributed by atoms with Crippen molar-refractivity contribution < 1.29 is 35.6 Å². The second-order valence-electron chi connectivity index (χ2n) is 7.47. The summed E-state index contributed by atoms with van der Waals surface area (Å²) in [6.45, 7) is 0. The summed E-state index contributed by atoms with van der Waals surface area (Å²) in [6.07, 6.45) is 0.912. The van der Waals surface area contributed by atoms with Crippen molar-refractivity contribution in [1.29, 1.82) is 0 Å². The van der Waals surface area contributed by atoms with Crippen LogP contribution in [0.2, 0.25) is 0 Å². The smallest absolute Gasteiger partial charge is 0.217 e. The molecule has 0 bridgehead atoms. The Hall–Kier alpha value is -3.17. The number of fused-ring (bicyclic) bond motifs is 4. The van der Waals surface area contributed by atoms with Crippen molar-refractivity contribution in [2.75, 3.05) is 0 Å². The molecule has 2 aliphatic rings. The van der Waals surface area contributed by atoms with Crippen LogP contribution in [0.25, 0.3) is 10.9 Å². The Morgan fingerprint density at radius 2 is 1.84 bits per heavy atom. The zero-order valence-electron chi connectivity index (χ0n) is 16.3. The van der Waals surface area contributed by atoms with Crippen molar-refractivity contribution in [3.05, 3.63) is 95.6 Å². The number of phenolic OH excluding ortho intramolecular Hbond substituents is 1. The molecule has 0 saturated carbocycles. The number of aromatic hydroxyl groups is 1. The van der Waals surface area contributed by atoms with Crippen molar-refractivity contribution >= 4 is 16.8 Å². The Balaban J connectivity index is 0.00000204. The molecule has 0 fully saturated rings. The maximum absolute atomic E-state index is 10.0. The molecule has 0 amide bonds. The number of aliphatic imine (C=N–C) groups is 1. The van der Waals surface area contributed by atoms with E-state index in [1.807, 2.05) is 36.4 Å². The molecular formula is C25H17N2O3Pt-. The van der Waals surface area contributed by atoms with E-state index in [9.17, 15) is 5.11 Å². The van der Waals surface area contributed by atoms with Gasteiger partial charge in [-0.15, -0.1) is 18.2 Å². The van der Waals surface area contributed by atoms with Crippen LogP contribution in [0.1, 0.15) is 22.7 Å². The SMILES string of the molecule is Oc1cccc2ccc(Oc3[c-]c(C4=N[C@@H]5c6ccccc6C[C@@H]5O4)ccc3)nc12.[Pt]. The van der Waals surface area contributed by atoms with E-state index in [-0.39, 0.29) is 39.0 Å². The van der Waals surface area contributed by atoms with Crippen LogP contribution in [0, 0.1) is 6.07 Å². The number of phenols is 1. The fourth-order valence-corrected chi connectivity index (χ4v) is 4.14. The Bertz CT molecular complexity index is 1320. The van der Waals surface area contributed by atoms with E-state index in [2.05, 4.69) is 29.2 Å². The van der Waals surface area contributed by atoms with E-state index in [1.165, 1.54) is 11.1 Å². The fraction of sp³-hybridized carbons (Fsp3) is 0.120. The van der Waals surface area contributed by atoms with E-state index in [0.29, 0.717) is 23.0 Å². The Morgan fingerprint density at radius 3 is 2.77 bits per heavy atom. The standard InChI is InChI=1S/C25H17N2O3.Pt/c28-20-10-4-6-15-11-12-22(26-23(15)20)29-18-8-3-7-17(13-18)25-27-24-19-9-2-1-5-16(19)14-21(24)30-25;/h1-12,21,24,28H,14H2;/q-1;/t21-,24+;/m0./s1. The van der Waals surface area contributed by atoms with Gasteiger partial charge in [-0.25, -0.2) is 4.98 Å². The summed E-state index contributed by atoms with van der Waals surface area (Å²) in [6, 6.07) is 26.2. The van der Waals surface area contributed by atoms with Crippen LogP contribution in [-0.4, -0.2) is 22.1 Å². The third kappa shape index (κ3) is 3.49. The summed E-state index contributed by atoms with van der Waals surface area (Å²) in [7, 11) is 0. The molecule has 4 aromatic rings. The van der Waals surface area contributed by atoms with Crippen molar-refractivity contribution in [2.24, 2.45) is 4.99 Å². The van der Waals surface area contributed by atoms with E-state index >= 15 is 0 Å². The van der Waals surface area contributed by atoms with Crippen LogP contribution in [0.15, 0.2) is 77.8 Å². The minimum atomic E-state index is 0. The van der Waals surface area contributed by atoms with Crippen molar-refractivity contribution in [2.45, 2.75) is 18.6 Å². The van der Waals surface area contributed by atoms with Gasteiger partial charge in [0.2, 0.25) is 5.88 Å². The summed E-state index contributed by atoms with van der Waals surface area (Å²) >= 11 is 0. The summed E-state index contributed by atoms with van der Waals surface area (Å²) in [5.74, 6) is 1.61. The first kappa shape index (κ1) is 19.8. The number of hydrogen-bond acceptors (Lipinski definition) is 5. The van der Waals surface area contributed by atoms with Gasteiger partial charge in [-0.2, -0.15) is 0 Å². The van der Waals surface area contributed by atoms with Gasteiger partial charge in [0.15, 0.2) is 0 Å². The molecule has 0 unspecified atom stereocenters. The Kier molecular flexibility index (Phi) is 4.99. The number of ether oxygens (including phenoxy) is 2. The van der Waals surface area contributed by atoms with Gasteiger partial charge in [0.25, 0.3) is 0 Å². The molecule has 0 spiro atoms. The second kappa shape index (κ2) is 7.82. The zero-order valence-corrected chi connectivity index (χ0v) is 18.5. The van der Waals surface area contributed by atoms with Crippen LogP contribution in [0.4, 0.5) is 0 Å². The largest absolute Gasteiger partial charge is 0.514 e. The van der Waals surface area contributed by atoms with Gasteiger partial charge in [-0.05, 0) is 23.3 Å². The molecule has 1 aliphatic carbocycles. The monoisotopic (exact) mass is 588 g/mol. The molecule has 31 heavy (non-hydrogen) atoms. The zero-order chi connectivity index (χ0) is 20.1. The topological polar surface area (TPSA) is 63.9 Å². The number of hydrogen-bond donors (Lipinski definition) is 1. The average molecular weight is 589 g/mol. The number of rotatable bonds is 3. The first-order valence-electron chi connectivity index (χ1n) is 9.86. The minimum Gasteiger partial charge on any atom is -0.514 e. The first-order valence-corrected chi connectivity index (χ1v) is 9.86. The molecule has 3 aromatic carbocycles. The number of nitrogens with zero attached hydrogens (tertiary/aromatic N) is 2. The van der Waals surface area contributed by atoms with Gasteiger partial charge in [0.1, 0.15) is 29.3 Å². The number of benzene rings is 3. The molecule has 6 heteroatoms. The Morgan fingerprint density at radius 1 is 0.968 bits per heavy atom. The maximum Gasteiger partial charge on any atom is 0.217 e. The number of pyridine rings is 1. The van der Waals surface area contributed by atoms with Crippen LogP contribution in [-0.2, 0) is 32.2 Å². The van der Waals surface area contributed by atoms with Crippen molar-refractivity contribution in [1.82, 2.24) is 4.98 Å². The van der Waals surface area contributed by atoms with Gasteiger partial charge in [-0.3, -0.25) is 4.99 Å². The molecule has 1 aliphatic heterocycles. The molecule has 5 nitrogen and oxygen atoms in total. The van der Waals surface area contributed by atoms with Crippen LogP contribution in [0.5, 0.6) is 17.4 Å². The average Bonchev–Trinajstić information content (AvgIpc) is 3.33. The third-order valence-electron chi connectivity index (χ3n) is 5.55. The molecule has 0 radical (unpaired) electrons. The molecule has 156 valence electrons. The van der Waals surface area contributed by atoms with E-state index < -0.39 is 0 Å². The van der Waals surface area contributed by atoms with Gasteiger partial charge >= 0.3 is 0 Å². The van der Waals surface area contributed by atoms with E-state index in [4.69, 9.17) is 14.5 Å². The molecule has 2 atom stereocenters. The van der Waals surface area contributed by atoms with E-state index in [0.717, 1.165) is 17.4 Å². The predicted octanol–water partition coefficient (Wildman–Crippen LogP) is 4.97. The molecule has 1 aromatic heterocycles. The summed E-state index contributed by atoms with van der Waals surface area (Å²) in [5, 5.41) is 10.9. The molecule has 2 heterocycles. The van der Waals surface area contributed by atoms with Crippen LogP contribution < -0.4 is 4.74 Å². The van der Waals surface area contributed by atoms with Gasteiger partial charge < -0.3 is 14.6 Å². The number of aromatic nitrogens is 1. The fourth-order valence-electron chi connectivity index (χ4n) is 4.14. The summed E-state index contributed by atoms with van der Waals surface area (Å²) in [4.78, 5) is 9.24. The second-order valence-corrected chi connectivity index (χ2v) is 7.47. The minimum absolute atomic E-state index is 0. The molecule has 0 saturated heterocycles. The van der Waals surface area contributed by atoms with Gasteiger partial charge in [0, 0.05) is 44.7 Å². The van der Waals surface area contributed by atoms with Gasteiger partial charge in [-0.1, -0.05) is 48.0 Å². The molecule has 1 N–H and O–H groups in total. The van der Waals surface area contributed by atoms with E-state index in [1.54, 1.807) is 18.2 Å². The molecular weight excluding hydrogens is 571 g/mol. The normalized spacial score (nSPS) is 18.5. The first-order chi connectivity index (χ1) is 14.7. The summed E-state index contributed by atoms with van der Waals surface area (Å²) < 4.78 is 12.1. The van der Waals surface area contributed by atoms with Crippen LogP contribution >= 0.6 is 0 Å². The van der Waals surface area contributed by atoms with Crippen molar-refractivity contribution in [3.63, 3.8) is 0 Å².